The van der Waals surface area contributed by atoms with Crippen molar-refractivity contribution in [2.75, 3.05) is 5.32 Å². The first-order valence-corrected chi connectivity index (χ1v) is 3.78. The predicted molar refractivity (Wildman–Crippen MR) is 52.4 cm³/mol. The molecule has 1 aromatic rings. The maximum absolute atomic E-state index is 10.5. The molecule has 6 heteroatoms. The molecular weight excluding hydrogens is 190 g/mol. The van der Waals surface area contributed by atoms with E-state index in [0.717, 1.165) is 0 Å². The maximum Gasteiger partial charge on any atom is 0.292 e. The minimum atomic E-state index is -0.527. The molecule has 0 bridgehead atoms. The van der Waals surface area contributed by atoms with Crippen LogP contribution in [0.25, 0.3) is 0 Å². The number of nitro groups is 1. The molecule has 5 nitrogen and oxygen atoms in total. The summed E-state index contributed by atoms with van der Waals surface area (Å²) in [5, 5.41) is 12.6. The van der Waals surface area contributed by atoms with Gasteiger partial charge in [-0.3, -0.25) is 15.8 Å². The minimum absolute atomic E-state index is 0.0860. The van der Waals surface area contributed by atoms with Crippen LogP contribution in [-0.2, 0) is 0 Å². The van der Waals surface area contributed by atoms with Gasteiger partial charge in [0.15, 0.2) is 5.11 Å². The van der Waals surface area contributed by atoms with Crippen LogP contribution in [0, 0.1) is 10.1 Å². The molecule has 0 heterocycles. The molecule has 2 N–H and O–H groups in total. The van der Waals surface area contributed by atoms with E-state index < -0.39 is 4.92 Å². The van der Waals surface area contributed by atoms with Gasteiger partial charge in [-0.05, 0) is 18.3 Å². The van der Waals surface area contributed by atoms with Gasteiger partial charge >= 0.3 is 0 Å². The lowest BCUT2D eigenvalue weighted by Crippen LogP contribution is -2.10. The van der Waals surface area contributed by atoms with E-state index >= 15 is 0 Å². The van der Waals surface area contributed by atoms with E-state index in [-0.39, 0.29) is 16.5 Å². The van der Waals surface area contributed by atoms with E-state index in [1.807, 2.05) is 0 Å². The highest BCUT2D eigenvalue weighted by molar-refractivity contribution is 7.80. The molecule has 13 heavy (non-hydrogen) atoms. The van der Waals surface area contributed by atoms with Crippen LogP contribution in [-0.4, -0.2) is 10.0 Å². The number of benzene rings is 1. The molecule has 1 aromatic carbocycles. The van der Waals surface area contributed by atoms with Crippen LogP contribution in [0.1, 0.15) is 0 Å². The van der Waals surface area contributed by atoms with E-state index in [1.165, 1.54) is 12.1 Å². The Morgan fingerprint density at radius 3 is 2.69 bits per heavy atom. The molecule has 0 amide bonds. The third-order valence-corrected chi connectivity index (χ3v) is 1.45. The normalized spacial score (nSPS) is 9.23. The van der Waals surface area contributed by atoms with Crippen LogP contribution >= 0.6 is 12.2 Å². The van der Waals surface area contributed by atoms with Gasteiger partial charge in [-0.15, -0.1) is 0 Å². The Morgan fingerprint density at radius 2 is 2.15 bits per heavy atom. The molecule has 0 atom stereocenters. The molecule has 0 aromatic heterocycles. The number of hydrogen-bond acceptors (Lipinski definition) is 3. The van der Waals surface area contributed by atoms with Crippen molar-refractivity contribution in [3.63, 3.8) is 0 Å². The zero-order valence-electron chi connectivity index (χ0n) is 6.48. The van der Waals surface area contributed by atoms with E-state index in [9.17, 15) is 10.1 Å². The van der Waals surface area contributed by atoms with Crippen molar-refractivity contribution in [2.45, 2.75) is 0 Å². The molecule has 0 saturated carbocycles. The van der Waals surface area contributed by atoms with Gasteiger partial charge in [-0.25, -0.2) is 0 Å². The van der Waals surface area contributed by atoms with Crippen molar-refractivity contribution in [2.24, 2.45) is 0 Å². The summed E-state index contributed by atoms with van der Waals surface area (Å²) in [6, 6.07) is 6.03. The fraction of sp³-hybridized carbons (Fsp3) is 0. The average Bonchev–Trinajstić information content (AvgIpc) is 2.03. The molecule has 0 aliphatic rings. The monoisotopic (exact) mass is 196 g/mol. The van der Waals surface area contributed by atoms with Crippen molar-refractivity contribution in [3.8, 4) is 0 Å². The summed E-state index contributed by atoms with van der Waals surface area (Å²) in [4.78, 5) is 9.94. The van der Waals surface area contributed by atoms with Gasteiger partial charge in [0.05, 0.1) is 4.92 Å². The van der Waals surface area contributed by atoms with Crippen molar-refractivity contribution in [1.82, 2.24) is 5.73 Å². The zero-order chi connectivity index (χ0) is 9.84. The third kappa shape index (κ3) is 2.38. The fourth-order valence-electron chi connectivity index (χ4n) is 0.861. The van der Waals surface area contributed by atoms with Crippen LogP contribution < -0.4 is 11.1 Å². The van der Waals surface area contributed by atoms with Crippen molar-refractivity contribution < 1.29 is 4.92 Å². The van der Waals surface area contributed by atoms with Crippen LogP contribution in [0.2, 0.25) is 0 Å². The van der Waals surface area contributed by atoms with Gasteiger partial charge in [-0.1, -0.05) is 12.1 Å². The quantitative estimate of drug-likeness (QED) is 0.442. The topological polar surface area (TPSA) is 79.0 Å². The van der Waals surface area contributed by atoms with Crippen molar-refractivity contribution in [1.29, 1.82) is 0 Å². The Kier molecular flexibility index (Phi) is 2.76. The number of rotatable bonds is 2. The number of nitrogens with one attached hydrogen (secondary N) is 2. The van der Waals surface area contributed by atoms with Gasteiger partial charge in [0.1, 0.15) is 5.69 Å². The summed E-state index contributed by atoms with van der Waals surface area (Å²) in [6.07, 6.45) is 0. The van der Waals surface area contributed by atoms with Crippen LogP contribution in [0.5, 0.6) is 0 Å². The SMILES string of the molecule is [NH]C(=S)Nc1ccccc1[N+](=O)[O-]. The van der Waals surface area contributed by atoms with Crippen LogP contribution in [0.4, 0.5) is 11.4 Å². The van der Waals surface area contributed by atoms with Gasteiger partial charge in [0.25, 0.3) is 5.69 Å². The number of nitro benzene ring substituents is 1. The van der Waals surface area contributed by atoms with E-state index in [2.05, 4.69) is 17.5 Å². The first kappa shape index (κ1) is 9.40. The Morgan fingerprint density at radius 1 is 1.54 bits per heavy atom. The van der Waals surface area contributed by atoms with Crippen molar-refractivity contribution in [3.05, 3.63) is 34.4 Å². The number of anilines is 1. The second-order valence-electron chi connectivity index (χ2n) is 2.23. The standard InChI is InChI=1S/C7H6N3O2S/c8-7(13)9-5-3-1-2-4-6(5)10(11)12/h1-4,8H,(H,9,13). The molecular formula is C7H6N3O2S. The van der Waals surface area contributed by atoms with Gasteiger partial charge < -0.3 is 5.32 Å². The maximum atomic E-state index is 10.5. The molecule has 0 unspecified atom stereocenters. The molecule has 67 valence electrons. The highest BCUT2D eigenvalue weighted by Crippen LogP contribution is 2.22. The third-order valence-electron chi connectivity index (χ3n) is 1.35. The Bertz CT molecular complexity index is 353. The number of thiocarbonyl (C=S) groups is 1. The summed E-state index contributed by atoms with van der Waals surface area (Å²) in [6.45, 7) is 0. The molecule has 0 fully saturated rings. The number of hydrogen-bond donors (Lipinski definition) is 1. The predicted octanol–water partition coefficient (Wildman–Crippen LogP) is 1.57. The lowest BCUT2D eigenvalue weighted by molar-refractivity contribution is -0.383. The highest BCUT2D eigenvalue weighted by Gasteiger charge is 2.11. The summed E-state index contributed by atoms with van der Waals surface area (Å²) in [5.74, 6) is 0. The molecule has 0 spiro atoms. The molecule has 1 rings (SSSR count). The van der Waals surface area contributed by atoms with Crippen molar-refractivity contribution >= 4 is 28.7 Å². The summed E-state index contributed by atoms with van der Waals surface area (Å²) in [7, 11) is 0. The first-order valence-electron chi connectivity index (χ1n) is 3.37. The molecule has 0 saturated heterocycles. The average molecular weight is 196 g/mol. The second-order valence-corrected chi connectivity index (χ2v) is 2.64. The zero-order valence-corrected chi connectivity index (χ0v) is 7.30. The lowest BCUT2D eigenvalue weighted by atomic mass is 10.3. The summed E-state index contributed by atoms with van der Waals surface area (Å²) < 4.78 is 0. The van der Waals surface area contributed by atoms with Gasteiger partial charge in [-0.2, -0.15) is 0 Å². The molecule has 1 radical (unpaired) electrons. The van der Waals surface area contributed by atoms with Crippen LogP contribution in [0.15, 0.2) is 24.3 Å². The van der Waals surface area contributed by atoms with E-state index in [4.69, 9.17) is 5.73 Å². The first-order chi connectivity index (χ1) is 6.11. The highest BCUT2D eigenvalue weighted by atomic mass is 32.1. The Hall–Kier alpha value is -1.69. The van der Waals surface area contributed by atoms with Gasteiger partial charge in [0.2, 0.25) is 0 Å². The lowest BCUT2D eigenvalue weighted by Gasteiger charge is -2.02. The number of para-hydroxylation sites is 2. The summed E-state index contributed by atoms with van der Waals surface area (Å²) >= 11 is 4.46. The fourth-order valence-corrected chi connectivity index (χ4v) is 0.971. The molecule has 0 aliphatic carbocycles. The molecule has 0 aliphatic heterocycles. The number of nitrogens with zero attached hydrogens (tertiary/aromatic N) is 1. The second kappa shape index (κ2) is 3.81. The Balaban J connectivity index is 3.04. The summed E-state index contributed by atoms with van der Waals surface area (Å²) in [5.41, 5.74) is 7.11. The van der Waals surface area contributed by atoms with Gasteiger partial charge in [0, 0.05) is 6.07 Å². The van der Waals surface area contributed by atoms with E-state index in [0.29, 0.717) is 0 Å². The Labute approximate surface area is 79.7 Å². The van der Waals surface area contributed by atoms with E-state index in [1.54, 1.807) is 12.1 Å². The smallest absolute Gasteiger partial charge is 0.292 e. The minimum Gasteiger partial charge on any atom is -0.326 e. The van der Waals surface area contributed by atoms with Crippen LogP contribution in [0.3, 0.4) is 0 Å². The largest absolute Gasteiger partial charge is 0.326 e.